The Balaban J connectivity index is 1.73. The Morgan fingerprint density at radius 2 is 1.76 bits per heavy atom. The molecule has 0 fully saturated rings. The van der Waals surface area contributed by atoms with E-state index in [0.29, 0.717) is 30.9 Å². The zero-order valence-electron chi connectivity index (χ0n) is 15.9. The van der Waals surface area contributed by atoms with Gasteiger partial charge in [0, 0.05) is 31.5 Å². The first kappa shape index (κ1) is 21.0. The highest BCUT2D eigenvalue weighted by molar-refractivity contribution is 7.94. The number of methoxy groups -OCH3 is 1. The standard InChI is InChI=1S/C21H22N2O4S2/c1-27-14-13-23(16-17-6-3-2-4-7-17)21(24)18-9-11-19(12-10-18)22-29(25,26)20-8-5-15-28-20/h2-12,15,22H,13-14,16H2,1H3. The van der Waals surface area contributed by atoms with Gasteiger partial charge < -0.3 is 9.64 Å². The number of nitrogens with one attached hydrogen (secondary N) is 1. The van der Waals surface area contributed by atoms with Crippen molar-refractivity contribution in [1.82, 2.24) is 4.90 Å². The van der Waals surface area contributed by atoms with Crippen LogP contribution in [0.1, 0.15) is 15.9 Å². The van der Waals surface area contributed by atoms with Crippen LogP contribution >= 0.6 is 11.3 Å². The molecule has 0 atom stereocenters. The zero-order chi connectivity index (χ0) is 20.7. The maximum Gasteiger partial charge on any atom is 0.271 e. The normalized spacial score (nSPS) is 11.2. The lowest BCUT2D eigenvalue weighted by atomic mass is 10.1. The van der Waals surface area contributed by atoms with Crippen LogP contribution in [0.5, 0.6) is 0 Å². The van der Waals surface area contributed by atoms with Gasteiger partial charge in [-0.15, -0.1) is 11.3 Å². The van der Waals surface area contributed by atoms with Gasteiger partial charge in [0.15, 0.2) is 0 Å². The van der Waals surface area contributed by atoms with Gasteiger partial charge in [0.2, 0.25) is 0 Å². The van der Waals surface area contributed by atoms with Crippen LogP contribution in [0.15, 0.2) is 76.3 Å². The average molecular weight is 431 g/mol. The minimum absolute atomic E-state index is 0.140. The van der Waals surface area contributed by atoms with Crippen LogP contribution in [0.2, 0.25) is 0 Å². The monoisotopic (exact) mass is 430 g/mol. The molecule has 0 spiro atoms. The molecule has 1 aromatic heterocycles. The molecule has 0 saturated carbocycles. The van der Waals surface area contributed by atoms with Crippen molar-refractivity contribution in [2.45, 2.75) is 10.8 Å². The highest BCUT2D eigenvalue weighted by Gasteiger charge is 2.18. The minimum Gasteiger partial charge on any atom is -0.383 e. The van der Waals surface area contributed by atoms with Crippen molar-refractivity contribution in [2.24, 2.45) is 0 Å². The fraction of sp³-hybridized carbons (Fsp3) is 0.190. The van der Waals surface area contributed by atoms with Crippen LogP contribution in [0.3, 0.4) is 0 Å². The molecule has 0 saturated heterocycles. The molecule has 0 aliphatic heterocycles. The number of hydrogen-bond donors (Lipinski definition) is 1. The van der Waals surface area contributed by atoms with E-state index in [1.165, 1.54) is 0 Å². The molecular weight excluding hydrogens is 408 g/mol. The van der Waals surface area contributed by atoms with E-state index in [9.17, 15) is 13.2 Å². The molecule has 0 aliphatic rings. The first-order valence-electron chi connectivity index (χ1n) is 8.98. The topological polar surface area (TPSA) is 75.7 Å². The summed E-state index contributed by atoms with van der Waals surface area (Å²) in [6.07, 6.45) is 0. The van der Waals surface area contributed by atoms with E-state index in [1.807, 2.05) is 30.3 Å². The number of thiophene rings is 1. The molecule has 2 aromatic carbocycles. The highest BCUT2D eigenvalue weighted by atomic mass is 32.2. The van der Waals surface area contributed by atoms with Crippen molar-refractivity contribution in [3.63, 3.8) is 0 Å². The molecule has 1 heterocycles. The Hall–Kier alpha value is -2.68. The van der Waals surface area contributed by atoms with Crippen LogP contribution in [0.4, 0.5) is 5.69 Å². The highest BCUT2D eigenvalue weighted by Crippen LogP contribution is 2.21. The number of carbonyl (C=O) groups excluding carboxylic acids is 1. The average Bonchev–Trinajstić information content (AvgIpc) is 3.28. The van der Waals surface area contributed by atoms with Gasteiger partial charge in [-0.05, 0) is 41.3 Å². The van der Waals surface area contributed by atoms with Crippen LogP contribution in [-0.2, 0) is 21.3 Å². The van der Waals surface area contributed by atoms with Crippen molar-refractivity contribution in [3.05, 3.63) is 83.2 Å². The van der Waals surface area contributed by atoms with Crippen molar-refractivity contribution in [3.8, 4) is 0 Å². The molecule has 0 aliphatic carbocycles. The van der Waals surface area contributed by atoms with Crippen molar-refractivity contribution in [1.29, 1.82) is 0 Å². The van der Waals surface area contributed by atoms with Crippen LogP contribution in [-0.4, -0.2) is 39.5 Å². The number of amides is 1. The maximum absolute atomic E-state index is 13.0. The van der Waals surface area contributed by atoms with Gasteiger partial charge in [0.05, 0.1) is 6.61 Å². The Morgan fingerprint density at radius 3 is 2.38 bits per heavy atom. The molecule has 3 rings (SSSR count). The second kappa shape index (κ2) is 9.69. The Morgan fingerprint density at radius 1 is 1.03 bits per heavy atom. The lowest BCUT2D eigenvalue weighted by molar-refractivity contribution is 0.0680. The second-order valence-electron chi connectivity index (χ2n) is 6.32. The van der Waals surface area contributed by atoms with Gasteiger partial charge >= 0.3 is 0 Å². The summed E-state index contributed by atoms with van der Waals surface area (Å²) in [5, 5.41) is 1.71. The lowest BCUT2D eigenvalue weighted by Crippen LogP contribution is -2.33. The molecule has 3 aromatic rings. The van der Waals surface area contributed by atoms with Crippen LogP contribution < -0.4 is 4.72 Å². The molecule has 29 heavy (non-hydrogen) atoms. The Labute approximate surface area is 174 Å². The third kappa shape index (κ3) is 5.66. The molecule has 6 nitrogen and oxygen atoms in total. The molecule has 8 heteroatoms. The SMILES string of the molecule is COCCN(Cc1ccccc1)C(=O)c1ccc(NS(=O)(=O)c2cccs2)cc1. The second-order valence-corrected chi connectivity index (χ2v) is 9.18. The summed E-state index contributed by atoms with van der Waals surface area (Å²) in [4.78, 5) is 14.7. The van der Waals surface area contributed by atoms with E-state index >= 15 is 0 Å². The molecule has 152 valence electrons. The van der Waals surface area contributed by atoms with Gasteiger partial charge in [-0.1, -0.05) is 36.4 Å². The van der Waals surface area contributed by atoms with E-state index in [-0.39, 0.29) is 10.1 Å². The van der Waals surface area contributed by atoms with E-state index in [1.54, 1.807) is 53.8 Å². The first-order chi connectivity index (χ1) is 14.0. The zero-order valence-corrected chi connectivity index (χ0v) is 17.6. The Kier molecular flexibility index (Phi) is 7.03. The van der Waals surface area contributed by atoms with Crippen molar-refractivity contribution < 1.29 is 17.9 Å². The number of rotatable bonds is 9. The lowest BCUT2D eigenvalue weighted by Gasteiger charge is -2.23. The third-order valence-corrected chi connectivity index (χ3v) is 6.99. The molecule has 0 bridgehead atoms. The predicted molar refractivity (Wildman–Crippen MR) is 115 cm³/mol. The van der Waals surface area contributed by atoms with E-state index in [0.717, 1.165) is 16.9 Å². The molecular formula is C21H22N2O4S2. The summed E-state index contributed by atoms with van der Waals surface area (Å²) >= 11 is 1.15. The summed E-state index contributed by atoms with van der Waals surface area (Å²) in [6.45, 7) is 1.35. The number of sulfonamides is 1. The van der Waals surface area contributed by atoms with Gasteiger partial charge in [-0.25, -0.2) is 8.42 Å². The number of hydrogen-bond acceptors (Lipinski definition) is 5. The smallest absolute Gasteiger partial charge is 0.271 e. The summed E-state index contributed by atoms with van der Waals surface area (Å²) in [5.74, 6) is -0.140. The van der Waals surface area contributed by atoms with Gasteiger partial charge in [-0.2, -0.15) is 0 Å². The van der Waals surface area contributed by atoms with Gasteiger partial charge in [-0.3, -0.25) is 9.52 Å². The fourth-order valence-electron chi connectivity index (χ4n) is 2.74. The number of carbonyl (C=O) groups is 1. The van der Waals surface area contributed by atoms with Gasteiger partial charge in [0.25, 0.3) is 15.9 Å². The third-order valence-electron chi connectivity index (χ3n) is 4.21. The summed E-state index contributed by atoms with van der Waals surface area (Å²) < 4.78 is 32.5. The largest absolute Gasteiger partial charge is 0.383 e. The van der Waals surface area contributed by atoms with E-state index in [2.05, 4.69) is 4.72 Å². The maximum atomic E-state index is 13.0. The van der Waals surface area contributed by atoms with Crippen molar-refractivity contribution in [2.75, 3.05) is 25.0 Å². The summed E-state index contributed by atoms with van der Waals surface area (Å²) in [5.41, 5.74) is 1.91. The number of benzene rings is 2. The number of ether oxygens (including phenoxy) is 1. The first-order valence-corrected chi connectivity index (χ1v) is 11.3. The van der Waals surface area contributed by atoms with Gasteiger partial charge in [0.1, 0.15) is 4.21 Å². The van der Waals surface area contributed by atoms with E-state index < -0.39 is 10.0 Å². The molecule has 1 N–H and O–H groups in total. The fourth-order valence-corrected chi connectivity index (χ4v) is 4.79. The quantitative estimate of drug-likeness (QED) is 0.560. The van der Waals surface area contributed by atoms with Crippen LogP contribution in [0.25, 0.3) is 0 Å². The number of anilines is 1. The molecule has 0 radical (unpaired) electrons. The summed E-state index contributed by atoms with van der Waals surface area (Å²) in [6, 6.07) is 19.4. The summed E-state index contributed by atoms with van der Waals surface area (Å²) in [7, 11) is -2.02. The predicted octanol–water partition coefficient (Wildman–Crippen LogP) is 3.84. The minimum atomic E-state index is -3.62. The molecule has 1 amide bonds. The van der Waals surface area contributed by atoms with E-state index in [4.69, 9.17) is 4.74 Å². The number of nitrogens with zero attached hydrogens (tertiary/aromatic N) is 1. The van der Waals surface area contributed by atoms with Crippen molar-refractivity contribution >= 4 is 33.0 Å². The molecule has 0 unspecified atom stereocenters. The Bertz CT molecular complexity index is 1020. The van der Waals surface area contributed by atoms with Crippen LogP contribution in [0, 0.1) is 0 Å².